The van der Waals surface area contributed by atoms with E-state index in [4.69, 9.17) is 14.2 Å². The Morgan fingerprint density at radius 1 is 1.00 bits per heavy atom. The van der Waals surface area contributed by atoms with Crippen molar-refractivity contribution in [1.82, 2.24) is 0 Å². The summed E-state index contributed by atoms with van der Waals surface area (Å²) in [4.78, 5) is 23.3. The highest BCUT2D eigenvalue weighted by molar-refractivity contribution is 5.75. The van der Waals surface area contributed by atoms with Crippen molar-refractivity contribution in [3.63, 3.8) is 0 Å². The highest BCUT2D eigenvalue weighted by atomic mass is 16.6. The molecule has 0 aliphatic carbocycles. The number of rotatable bonds is 10. The number of hydrogen-bond donors (Lipinski definition) is 0. The number of para-hydroxylation sites is 1. The summed E-state index contributed by atoms with van der Waals surface area (Å²) in [6.45, 7) is 8.14. The molecule has 0 atom stereocenters. The molecule has 1 aromatic carbocycles. The van der Waals surface area contributed by atoms with Gasteiger partial charge in [-0.3, -0.25) is 0 Å². The van der Waals surface area contributed by atoms with Gasteiger partial charge in [0.1, 0.15) is 19.0 Å². The summed E-state index contributed by atoms with van der Waals surface area (Å²) < 4.78 is 15.4. The number of ether oxygens (including phenoxy) is 3. The van der Waals surface area contributed by atoms with Gasteiger partial charge in [0.05, 0.1) is 6.61 Å². The lowest BCUT2D eigenvalue weighted by Gasteiger charge is -2.12. The third kappa shape index (κ3) is 8.11. The summed E-state index contributed by atoms with van der Waals surface area (Å²) in [5.74, 6) is 0.362. The van der Waals surface area contributed by atoms with E-state index in [-0.39, 0.29) is 19.1 Å². The van der Waals surface area contributed by atoms with Crippen LogP contribution in [-0.4, -0.2) is 31.8 Å². The van der Waals surface area contributed by atoms with Crippen LogP contribution in [0.15, 0.2) is 24.3 Å². The standard InChI is InChI=1S/C19H28O5/c1-14(2)8-7-11-23-18(20)12-22-13-19(21)24-17-10-6-5-9-16(17)15(3)4/h5-6,9-10,14-15H,7-8,11-13H2,1-4H3. The summed E-state index contributed by atoms with van der Waals surface area (Å²) in [7, 11) is 0. The summed E-state index contributed by atoms with van der Waals surface area (Å²) in [5, 5.41) is 0. The maximum absolute atomic E-state index is 11.8. The number of carbonyl (C=O) groups excluding carboxylic acids is 2. The van der Waals surface area contributed by atoms with E-state index in [1.165, 1.54) is 0 Å². The Bertz CT molecular complexity index is 522. The van der Waals surface area contributed by atoms with E-state index in [2.05, 4.69) is 13.8 Å². The predicted molar refractivity (Wildman–Crippen MR) is 92.0 cm³/mol. The number of hydrogen-bond acceptors (Lipinski definition) is 5. The second-order valence-electron chi connectivity index (χ2n) is 6.42. The van der Waals surface area contributed by atoms with Gasteiger partial charge in [-0.25, -0.2) is 9.59 Å². The van der Waals surface area contributed by atoms with E-state index < -0.39 is 11.9 Å². The van der Waals surface area contributed by atoms with Gasteiger partial charge in [-0.05, 0) is 36.3 Å². The average Bonchev–Trinajstić information content (AvgIpc) is 2.51. The van der Waals surface area contributed by atoms with Gasteiger partial charge in [-0.15, -0.1) is 0 Å². The van der Waals surface area contributed by atoms with Crippen LogP contribution in [0.5, 0.6) is 5.75 Å². The zero-order chi connectivity index (χ0) is 17.9. The van der Waals surface area contributed by atoms with Crippen LogP contribution in [0.4, 0.5) is 0 Å². The van der Waals surface area contributed by atoms with Crippen LogP contribution in [0, 0.1) is 5.92 Å². The van der Waals surface area contributed by atoms with Gasteiger partial charge in [0.15, 0.2) is 0 Å². The molecule has 0 spiro atoms. The summed E-state index contributed by atoms with van der Waals surface area (Å²) in [6.07, 6.45) is 1.84. The third-order valence-electron chi connectivity index (χ3n) is 3.39. The molecule has 1 rings (SSSR count). The van der Waals surface area contributed by atoms with Crippen LogP contribution in [0.1, 0.15) is 52.0 Å². The quantitative estimate of drug-likeness (QED) is 0.370. The molecule has 0 heterocycles. The zero-order valence-electron chi connectivity index (χ0n) is 15.0. The Labute approximate surface area is 144 Å². The maximum atomic E-state index is 11.8. The van der Waals surface area contributed by atoms with Crippen molar-refractivity contribution in [3.8, 4) is 5.75 Å². The second kappa shape index (κ2) is 10.8. The molecule has 0 bridgehead atoms. The van der Waals surface area contributed by atoms with Gasteiger partial charge in [-0.2, -0.15) is 0 Å². The van der Waals surface area contributed by atoms with Crippen LogP contribution >= 0.6 is 0 Å². The fourth-order valence-corrected chi connectivity index (χ4v) is 2.14. The molecule has 0 aliphatic heterocycles. The van der Waals surface area contributed by atoms with E-state index in [1.807, 2.05) is 32.0 Å². The zero-order valence-corrected chi connectivity index (χ0v) is 15.0. The van der Waals surface area contributed by atoms with Gasteiger partial charge >= 0.3 is 11.9 Å². The summed E-state index contributed by atoms with van der Waals surface area (Å²) in [5.41, 5.74) is 0.954. The lowest BCUT2D eigenvalue weighted by molar-refractivity contribution is -0.152. The number of benzene rings is 1. The number of esters is 2. The molecule has 24 heavy (non-hydrogen) atoms. The van der Waals surface area contributed by atoms with Gasteiger partial charge in [-0.1, -0.05) is 45.9 Å². The first-order valence-corrected chi connectivity index (χ1v) is 8.43. The third-order valence-corrected chi connectivity index (χ3v) is 3.39. The first kappa shape index (κ1) is 20.2. The van der Waals surface area contributed by atoms with Crippen molar-refractivity contribution >= 4 is 11.9 Å². The number of carbonyl (C=O) groups is 2. The second-order valence-corrected chi connectivity index (χ2v) is 6.42. The first-order valence-electron chi connectivity index (χ1n) is 8.43. The fraction of sp³-hybridized carbons (Fsp3) is 0.579. The minimum Gasteiger partial charge on any atom is -0.464 e. The van der Waals surface area contributed by atoms with Gasteiger partial charge in [0.2, 0.25) is 0 Å². The SMILES string of the molecule is CC(C)CCCOC(=O)COCC(=O)Oc1ccccc1C(C)C. The van der Waals surface area contributed by atoms with E-state index in [0.29, 0.717) is 18.3 Å². The van der Waals surface area contributed by atoms with Crippen molar-refractivity contribution in [2.75, 3.05) is 19.8 Å². The smallest absolute Gasteiger partial charge is 0.337 e. The Hall–Kier alpha value is -1.88. The van der Waals surface area contributed by atoms with E-state index in [9.17, 15) is 9.59 Å². The van der Waals surface area contributed by atoms with Gasteiger partial charge < -0.3 is 14.2 Å². The molecule has 0 N–H and O–H groups in total. The normalized spacial score (nSPS) is 10.9. The lowest BCUT2D eigenvalue weighted by atomic mass is 10.0. The van der Waals surface area contributed by atoms with Crippen molar-refractivity contribution in [1.29, 1.82) is 0 Å². The maximum Gasteiger partial charge on any atom is 0.337 e. The van der Waals surface area contributed by atoms with Gasteiger partial charge in [0.25, 0.3) is 0 Å². The molecule has 5 nitrogen and oxygen atoms in total. The molecule has 0 aliphatic rings. The van der Waals surface area contributed by atoms with Crippen molar-refractivity contribution in [3.05, 3.63) is 29.8 Å². The Morgan fingerprint density at radius 2 is 1.67 bits per heavy atom. The molecule has 0 saturated heterocycles. The lowest BCUT2D eigenvalue weighted by Crippen LogP contribution is -2.21. The molecular formula is C19H28O5. The van der Waals surface area contributed by atoms with Crippen LogP contribution < -0.4 is 4.74 Å². The van der Waals surface area contributed by atoms with Gasteiger partial charge in [0, 0.05) is 0 Å². The van der Waals surface area contributed by atoms with Crippen LogP contribution in [0.2, 0.25) is 0 Å². The van der Waals surface area contributed by atoms with Crippen LogP contribution in [-0.2, 0) is 19.1 Å². The molecule has 1 aromatic rings. The van der Waals surface area contributed by atoms with Crippen molar-refractivity contribution in [2.24, 2.45) is 5.92 Å². The van der Waals surface area contributed by atoms with E-state index in [1.54, 1.807) is 6.07 Å². The molecule has 0 amide bonds. The van der Waals surface area contributed by atoms with Crippen LogP contribution in [0.25, 0.3) is 0 Å². The molecule has 134 valence electrons. The Balaban J connectivity index is 2.26. The molecular weight excluding hydrogens is 308 g/mol. The first-order chi connectivity index (χ1) is 11.4. The highest BCUT2D eigenvalue weighted by Gasteiger charge is 2.12. The molecule has 5 heteroatoms. The fourth-order valence-electron chi connectivity index (χ4n) is 2.14. The van der Waals surface area contributed by atoms with E-state index in [0.717, 1.165) is 18.4 Å². The summed E-state index contributed by atoms with van der Waals surface area (Å²) >= 11 is 0. The predicted octanol–water partition coefficient (Wildman–Crippen LogP) is 3.71. The minimum atomic E-state index is -0.532. The minimum absolute atomic E-state index is 0.246. The Morgan fingerprint density at radius 3 is 2.33 bits per heavy atom. The highest BCUT2D eigenvalue weighted by Crippen LogP contribution is 2.25. The molecule has 0 saturated carbocycles. The van der Waals surface area contributed by atoms with E-state index >= 15 is 0 Å². The largest absolute Gasteiger partial charge is 0.464 e. The molecule has 0 aromatic heterocycles. The average molecular weight is 336 g/mol. The summed E-state index contributed by atoms with van der Waals surface area (Å²) in [6, 6.07) is 7.38. The topological polar surface area (TPSA) is 61.8 Å². The van der Waals surface area contributed by atoms with Crippen molar-refractivity contribution < 1.29 is 23.8 Å². The van der Waals surface area contributed by atoms with Crippen LogP contribution in [0.3, 0.4) is 0 Å². The molecule has 0 radical (unpaired) electrons. The Kier molecular flexibility index (Phi) is 9.08. The monoisotopic (exact) mass is 336 g/mol. The molecule has 0 fully saturated rings. The van der Waals surface area contributed by atoms with Crippen molar-refractivity contribution in [2.45, 2.75) is 46.5 Å². The molecule has 0 unspecified atom stereocenters.